The fraction of sp³-hybridized carbons (Fsp3) is 0.286. The summed E-state index contributed by atoms with van der Waals surface area (Å²) in [4.78, 5) is 23.1. The van der Waals surface area contributed by atoms with Gasteiger partial charge in [-0.2, -0.15) is 0 Å². The lowest BCUT2D eigenvalue weighted by molar-refractivity contribution is -0.0652. The summed E-state index contributed by atoms with van der Waals surface area (Å²) in [5.41, 5.74) is 0.835. The van der Waals surface area contributed by atoms with Crippen molar-refractivity contribution >= 4 is 49.9 Å². The lowest BCUT2D eigenvalue weighted by atomic mass is 9.95. The Balaban J connectivity index is 1.75. The molecule has 0 saturated carbocycles. The number of amides is 1. The average molecular weight is 496 g/mol. The summed E-state index contributed by atoms with van der Waals surface area (Å²) in [5.74, 6) is -4.08. The molecule has 2 aromatic heterocycles. The van der Waals surface area contributed by atoms with Crippen molar-refractivity contribution in [3.8, 4) is 0 Å². The third-order valence-electron chi connectivity index (χ3n) is 5.52. The van der Waals surface area contributed by atoms with Gasteiger partial charge in [-0.25, -0.2) is 32.3 Å². The van der Waals surface area contributed by atoms with Crippen LogP contribution >= 0.6 is 11.6 Å². The first-order chi connectivity index (χ1) is 15.4. The van der Waals surface area contributed by atoms with Crippen LogP contribution in [0.4, 0.5) is 20.3 Å². The molecule has 0 radical (unpaired) electrons. The number of carbonyl (C=O) groups excluding carboxylic acids is 1. The number of halogens is 3. The Labute approximate surface area is 193 Å². The van der Waals surface area contributed by atoms with Gasteiger partial charge in [0.25, 0.3) is 21.9 Å². The van der Waals surface area contributed by atoms with Gasteiger partial charge in [-0.3, -0.25) is 4.79 Å². The second-order valence-corrected chi connectivity index (χ2v) is 9.88. The second kappa shape index (κ2) is 8.47. The number of nitrogens with one attached hydrogen (secondary N) is 1. The molecule has 0 spiro atoms. The van der Waals surface area contributed by atoms with Gasteiger partial charge in [0.1, 0.15) is 5.82 Å². The minimum absolute atomic E-state index is 0.0181. The van der Waals surface area contributed by atoms with Crippen LogP contribution in [0, 0.1) is 5.92 Å². The van der Waals surface area contributed by atoms with E-state index in [2.05, 4.69) is 15.3 Å². The Kier molecular flexibility index (Phi) is 5.97. The van der Waals surface area contributed by atoms with Crippen molar-refractivity contribution in [2.24, 2.45) is 11.1 Å². The minimum atomic E-state index is -4.07. The van der Waals surface area contributed by atoms with Crippen LogP contribution < -0.4 is 15.4 Å². The maximum atomic E-state index is 14.1. The molecular formula is C21H20ClF2N5O3S. The number of anilines is 2. The number of nitrogens with zero attached hydrogens (tertiary/aromatic N) is 3. The molecule has 1 aliphatic rings. The molecule has 3 aromatic rings. The third-order valence-corrected chi connectivity index (χ3v) is 6.56. The van der Waals surface area contributed by atoms with E-state index < -0.39 is 32.8 Å². The van der Waals surface area contributed by atoms with E-state index in [1.165, 1.54) is 19.2 Å². The predicted octanol–water partition coefficient (Wildman–Crippen LogP) is 3.66. The van der Waals surface area contributed by atoms with Crippen molar-refractivity contribution in [3.63, 3.8) is 0 Å². The van der Waals surface area contributed by atoms with Gasteiger partial charge in [0.05, 0.1) is 11.1 Å². The fourth-order valence-corrected chi connectivity index (χ4v) is 4.34. The number of piperidine rings is 1. The Morgan fingerprint density at radius 3 is 2.73 bits per heavy atom. The summed E-state index contributed by atoms with van der Waals surface area (Å²) in [5, 5.41) is 8.35. The molecule has 1 atom stereocenters. The highest BCUT2D eigenvalue weighted by Crippen LogP contribution is 2.36. The highest BCUT2D eigenvalue weighted by molar-refractivity contribution is 7.89. The molecule has 12 heteroatoms. The number of hydrogen-bond donors (Lipinski definition) is 2. The summed E-state index contributed by atoms with van der Waals surface area (Å²) >= 11 is 6.08. The largest absolute Gasteiger partial charge is 0.355 e. The Morgan fingerprint density at radius 2 is 2.03 bits per heavy atom. The number of benzene rings is 1. The topological polar surface area (TPSA) is 118 Å². The van der Waals surface area contributed by atoms with Gasteiger partial charge in [0.2, 0.25) is 0 Å². The number of pyridine rings is 2. The first-order valence-corrected chi connectivity index (χ1v) is 11.9. The van der Waals surface area contributed by atoms with Crippen molar-refractivity contribution in [3.05, 3.63) is 53.2 Å². The number of rotatable bonds is 4. The van der Waals surface area contributed by atoms with Crippen molar-refractivity contribution in [2.45, 2.75) is 24.3 Å². The molecule has 1 aromatic carbocycles. The molecule has 1 saturated heterocycles. The zero-order chi connectivity index (χ0) is 24.0. The SMILES string of the molecule is CC1CN(c2nc3ccc(Cl)cc3cc2C(=O)Nc2ccnc(S(N)(=O)=O)c2)CCC1(F)F. The summed E-state index contributed by atoms with van der Waals surface area (Å²) in [6.45, 7) is 1.50. The van der Waals surface area contributed by atoms with Crippen LogP contribution in [0.3, 0.4) is 0 Å². The monoisotopic (exact) mass is 495 g/mol. The van der Waals surface area contributed by atoms with Gasteiger partial charge in [0.15, 0.2) is 5.03 Å². The van der Waals surface area contributed by atoms with Crippen molar-refractivity contribution in [1.29, 1.82) is 0 Å². The van der Waals surface area contributed by atoms with Crippen molar-refractivity contribution < 1.29 is 22.0 Å². The summed E-state index contributed by atoms with van der Waals surface area (Å²) in [6, 6.07) is 9.09. The Hall–Kier alpha value is -2.89. The average Bonchev–Trinajstić information content (AvgIpc) is 2.74. The quantitative estimate of drug-likeness (QED) is 0.570. The van der Waals surface area contributed by atoms with Gasteiger partial charge >= 0.3 is 0 Å². The highest BCUT2D eigenvalue weighted by Gasteiger charge is 2.42. The fourth-order valence-electron chi connectivity index (χ4n) is 3.66. The number of hydrogen-bond acceptors (Lipinski definition) is 6. The molecule has 1 unspecified atom stereocenters. The molecule has 3 heterocycles. The molecule has 4 rings (SSSR count). The van der Waals surface area contributed by atoms with E-state index in [0.29, 0.717) is 15.9 Å². The zero-order valence-corrected chi connectivity index (χ0v) is 19.0. The van der Waals surface area contributed by atoms with Crippen LogP contribution in [0.25, 0.3) is 10.9 Å². The first-order valence-electron chi connectivity index (χ1n) is 9.97. The van der Waals surface area contributed by atoms with Gasteiger partial charge in [-0.15, -0.1) is 0 Å². The standard InChI is InChI=1S/C21H20ClF2N5O3S/c1-12-11-29(7-5-21(12,23)24)19-16(9-13-8-14(22)2-3-17(13)28-19)20(30)27-15-4-6-26-18(10-15)33(25,31)32/h2-4,6,8-10,12H,5,7,11H2,1H3,(H2,25,31,32)(H,26,27,30). The molecular weight excluding hydrogens is 476 g/mol. The lowest BCUT2D eigenvalue weighted by Gasteiger charge is -2.38. The van der Waals surface area contributed by atoms with E-state index in [1.54, 1.807) is 29.2 Å². The molecule has 1 amide bonds. The number of aromatic nitrogens is 2. The van der Waals surface area contributed by atoms with E-state index in [0.717, 1.165) is 6.07 Å². The zero-order valence-electron chi connectivity index (χ0n) is 17.4. The van der Waals surface area contributed by atoms with Crippen LogP contribution in [0.1, 0.15) is 23.7 Å². The van der Waals surface area contributed by atoms with Crippen LogP contribution in [-0.4, -0.2) is 43.3 Å². The van der Waals surface area contributed by atoms with Gasteiger partial charge in [0, 0.05) is 53.8 Å². The predicted molar refractivity (Wildman–Crippen MR) is 121 cm³/mol. The minimum Gasteiger partial charge on any atom is -0.355 e. The third kappa shape index (κ3) is 4.90. The van der Waals surface area contributed by atoms with E-state index in [1.807, 2.05) is 0 Å². The highest BCUT2D eigenvalue weighted by atomic mass is 35.5. The molecule has 0 aliphatic carbocycles. The number of carbonyl (C=O) groups is 1. The van der Waals surface area contributed by atoms with Gasteiger partial charge in [-0.1, -0.05) is 18.5 Å². The molecule has 8 nitrogen and oxygen atoms in total. The molecule has 1 aliphatic heterocycles. The maximum absolute atomic E-state index is 14.1. The van der Waals surface area contributed by atoms with E-state index in [4.69, 9.17) is 16.7 Å². The smallest absolute Gasteiger partial charge is 0.259 e. The van der Waals surface area contributed by atoms with E-state index >= 15 is 0 Å². The lowest BCUT2D eigenvalue weighted by Crippen LogP contribution is -2.46. The molecule has 174 valence electrons. The summed E-state index contributed by atoms with van der Waals surface area (Å²) in [7, 11) is -4.07. The van der Waals surface area contributed by atoms with Crippen LogP contribution in [0.15, 0.2) is 47.6 Å². The maximum Gasteiger partial charge on any atom is 0.259 e. The van der Waals surface area contributed by atoms with E-state index in [-0.39, 0.29) is 36.6 Å². The Bertz CT molecular complexity index is 1350. The molecule has 33 heavy (non-hydrogen) atoms. The van der Waals surface area contributed by atoms with Gasteiger partial charge in [-0.05, 0) is 30.3 Å². The number of fused-ring (bicyclic) bond motifs is 1. The molecule has 1 fully saturated rings. The Morgan fingerprint density at radius 1 is 1.27 bits per heavy atom. The van der Waals surface area contributed by atoms with E-state index in [9.17, 15) is 22.0 Å². The van der Waals surface area contributed by atoms with Crippen molar-refractivity contribution in [2.75, 3.05) is 23.3 Å². The number of primary sulfonamides is 1. The second-order valence-electron chi connectivity index (χ2n) is 7.94. The number of nitrogens with two attached hydrogens (primary N) is 1. The molecule has 3 N–H and O–H groups in total. The van der Waals surface area contributed by atoms with Crippen molar-refractivity contribution in [1.82, 2.24) is 9.97 Å². The normalized spacial score (nSPS) is 18.3. The van der Waals surface area contributed by atoms with Gasteiger partial charge < -0.3 is 10.2 Å². The number of alkyl halides is 2. The summed E-state index contributed by atoms with van der Waals surface area (Å²) < 4.78 is 51.3. The molecule has 0 bridgehead atoms. The van der Waals surface area contributed by atoms with Crippen LogP contribution in [0.2, 0.25) is 5.02 Å². The first kappa shape index (κ1) is 23.3. The summed E-state index contributed by atoms with van der Waals surface area (Å²) in [6.07, 6.45) is 0.834. The number of sulfonamides is 1. The van der Waals surface area contributed by atoms with Crippen LogP contribution in [0.5, 0.6) is 0 Å². The van der Waals surface area contributed by atoms with Crippen LogP contribution in [-0.2, 0) is 10.0 Å².